The van der Waals surface area contributed by atoms with Gasteiger partial charge in [-0.15, -0.1) is 0 Å². The Balaban J connectivity index is 1.90. The molecular formula is C26H26FNO6. The number of carboxylic acid groups (broad SMARTS) is 1. The lowest BCUT2D eigenvalue weighted by Crippen LogP contribution is -2.37. The molecule has 3 rings (SSSR count). The van der Waals surface area contributed by atoms with Gasteiger partial charge in [0.15, 0.2) is 18.2 Å². The molecule has 7 nitrogen and oxygen atoms in total. The maximum absolute atomic E-state index is 14.3. The summed E-state index contributed by atoms with van der Waals surface area (Å²) in [4.78, 5) is 26.3. The van der Waals surface area contributed by atoms with Crippen molar-refractivity contribution < 1.29 is 33.3 Å². The summed E-state index contributed by atoms with van der Waals surface area (Å²) in [7, 11) is 3.08. The number of hydrogen-bond donors (Lipinski definition) is 1. The summed E-state index contributed by atoms with van der Waals surface area (Å²) in [6.07, 6.45) is 0. The molecule has 0 spiro atoms. The zero-order valence-corrected chi connectivity index (χ0v) is 19.2. The van der Waals surface area contributed by atoms with Gasteiger partial charge in [0.2, 0.25) is 0 Å². The Hall–Kier alpha value is -4.07. The molecule has 0 bridgehead atoms. The van der Waals surface area contributed by atoms with Crippen molar-refractivity contribution >= 4 is 11.9 Å². The Morgan fingerprint density at radius 1 is 1.00 bits per heavy atom. The van der Waals surface area contributed by atoms with Gasteiger partial charge in [-0.25, -0.2) is 9.18 Å². The molecule has 0 unspecified atom stereocenters. The van der Waals surface area contributed by atoms with Crippen molar-refractivity contribution in [1.82, 2.24) is 4.90 Å². The topological polar surface area (TPSA) is 85.3 Å². The highest BCUT2D eigenvalue weighted by Gasteiger charge is 2.25. The molecule has 1 N–H and O–H groups in total. The summed E-state index contributed by atoms with van der Waals surface area (Å²) < 4.78 is 30.4. The number of carboxylic acids is 1. The Morgan fingerprint density at radius 3 is 2.38 bits per heavy atom. The fourth-order valence-corrected chi connectivity index (χ4v) is 3.56. The number of rotatable bonds is 10. The monoisotopic (exact) mass is 467 g/mol. The van der Waals surface area contributed by atoms with Crippen LogP contribution in [0.1, 0.15) is 34.5 Å². The van der Waals surface area contributed by atoms with Crippen LogP contribution in [-0.4, -0.2) is 42.7 Å². The van der Waals surface area contributed by atoms with Crippen molar-refractivity contribution in [3.8, 4) is 17.2 Å². The van der Waals surface area contributed by atoms with E-state index in [2.05, 4.69) is 0 Å². The number of nitrogens with zero attached hydrogens (tertiary/aromatic N) is 1. The van der Waals surface area contributed by atoms with Crippen LogP contribution in [0.5, 0.6) is 17.2 Å². The first-order valence-electron chi connectivity index (χ1n) is 10.6. The van der Waals surface area contributed by atoms with Crippen LogP contribution >= 0.6 is 0 Å². The molecular weight excluding hydrogens is 441 g/mol. The van der Waals surface area contributed by atoms with Crippen LogP contribution in [0.25, 0.3) is 0 Å². The van der Waals surface area contributed by atoms with Crippen LogP contribution in [0, 0.1) is 5.82 Å². The van der Waals surface area contributed by atoms with Gasteiger partial charge in [-0.05, 0) is 36.8 Å². The normalized spacial score (nSPS) is 11.4. The molecule has 1 amide bonds. The maximum atomic E-state index is 14.3. The smallest absolute Gasteiger partial charge is 0.339 e. The lowest BCUT2D eigenvalue weighted by atomic mass is 10.1. The SMILES string of the molecule is COc1ccc(CN(C(=O)COc2c(F)cccc2C(=O)O)[C@H](C)c2ccccc2)c(OC)c1. The minimum Gasteiger partial charge on any atom is -0.497 e. The Bertz CT molecular complexity index is 1150. The van der Waals surface area contributed by atoms with E-state index in [4.69, 9.17) is 14.2 Å². The Labute approximate surface area is 197 Å². The molecule has 8 heteroatoms. The first-order chi connectivity index (χ1) is 16.3. The molecule has 3 aromatic rings. The van der Waals surface area contributed by atoms with Gasteiger partial charge in [0.1, 0.15) is 17.1 Å². The lowest BCUT2D eigenvalue weighted by molar-refractivity contribution is -0.136. The third-order valence-electron chi connectivity index (χ3n) is 5.44. The van der Waals surface area contributed by atoms with E-state index in [1.807, 2.05) is 37.3 Å². The molecule has 3 aromatic carbocycles. The highest BCUT2D eigenvalue weighted by atomic mass is 19.1. The molecule has 34 heavy (non-hydrogen) atoms. The van der Waals surface area contributed by atoms with Gasteiger partial charge in [0.25, 0.3) is 5.91 Å². The third kappa shape index (κ3) is 5.64. The molecule has 1 atom stereocenters. The van der Waals surface area contributed by atoms with E-state index in [0.29, 0.717) is 11.5 Å². The quantitative estimate of drug-likeness (QED) is 0.465. The third-order valence-corrected chi connectivity index (χ3v) is 5.44. The number of ether oxygens (including phenoxy) is 3. The zero-order valence-electron chi connectivity index (χ0n) is 19.2. The average molecular weight is 467 g/mol. The number of para-hydroxylation sites is 1. The molecule has 0 aliphatic heterocycles. The van der Waals surface area contributed by atoms with Crippen LogP contribution in [0.3, 0.4) is 0 Å². The number of carbonyl (C=O) groups excluding carboxylic acids is 1. The van der Waals surface area contributed by atoms with E-state index in [-0.39, 0.29) is 18.2 Å². The first-order valence-corrected chi connectivity index (χ1v) is 10.6. The fraction of sp³-hybridized carbons (Fsp3) is 0.231. The largest absolute Gasteiger partial charge is 0.497 e. The molecule has 0 aliphatic rings. The maximum Gasteiger partial charge on any atom is 0.339 e. The lowest BCUT2D eigenvalue weighted by Gasteiger charge is -2.30. The highest BCUT2D eigenvalue weighted by molar-refractivity contribution is 5.91. The molecule has 178 valence electrons. The van der Waals surface area contributed by atoms with Gasteiger partial charge in [0.05, 0.1) is 26.8 Å². The number of methoxy groups -OCH3 is 2. The molecule has 0 aliphatic carbocycles. The number of aromatic carboxylic acids is 1. The Morgan fingerprint density at radius 2 is 1.74 bits per heavy atom. The van der Waals surface area contributed by atoms with Crippen LogP contribution in [0.4, 0.5) is 4.39 Å². The van der Waals surface area contributed by atoms with Gasteiger partial charge >= 0.3 is 5.97 Å². The van der Waals surface area contributed by atoms with Crippen LogP contribution in [-0.2, 0) is 11.3 Å². The summed E-state index contributed by atoms with van der Waals surface area (Å²) in [5.41, 5.74) is 1.27. The molecule has 0 radical (unpaired) electrons. The second kappa shape index (κ2) is 11.2. The molecule has 0 heterocycles. The minimum absolute atomic E-state index is 0.175. The standard InChI is InChI=1S/C26H26FNO6/c1-17(18-8-5-4-6-9-18)28(15-19-12-13-20(32-2)14-23(19)33-3)24(29)16-34-25-21(26(30)31)10-7-11-22(25)27/h4-14,17H,15-16H2,1-3H3,(H,30,31)/t17-/m1/s1. The average Bonchev–Trinajstić information content (AvgIpc) is 2.86. The number of carbonyl (C=O) groups is 2. The first kappa shape index (κ1) is 24.6. The Kier molecular flexibility index (Phi) is 8.08. The van der Waals surface area contributed by atoms with Gasteiger partial charge in [-0.3, -0.25) is 4.79 Å². The van der Waals surface area contributed by atoms with E-state index >= 15 is 0 Å². The summed E-state index contributed by atoms with van der Waals surface area (Å²) in [6, 6.07) is 17.9. The van der Waals surface area contributed by atoms with Crippen molar-refractivity contribution in [2.45, 2.75) is 19.5 Å². The molecule has 0 saturated heterocycles. The zero-order chi connectivity index (χ0) is 24.7. The molecule has 0 saturated carbocycles. The number of hydrogen-bond acceptors (Lipinski definition) is 5. The van der Waals surface area contributed by atoms with Crippen molar-refractivity contribution in [1.29, 1.82) is 0 Å². The molecule has 0 aromatic heterocycles. The van der Waals surface area contributed by atoms with E-state index in [0.717, 1.165) is 17.2 Å². The summed E-state index contributed by atoms with van der Waals surface area (Å²) in [6.45, 7) is 1.50. The number of benzene rings is 3. The van der Waals surface area contributed by atoms with Crippen molar-refractivity contribution in [3.05, 3.63) is 89.2 Å². The van der Waals surface area contributed by atoms with Crippen molar-refractivity contribution in [2.24, 2.45) is 0 Å². The van der Waals surface area contributed by atoms with E-state index in [9.17, 15) is 19.1 Å². The summed E-state index contributed by atoms with van der Waals surface area (Å²) >= 11 is 0. The second-order valence-corrected chi connectivity index (χ2v) is 7.50. The van der Waals surface area contributed by atoms with Crippen LogP contribution < -0.4 is 14.2 Å². The fourth-order valence-electron chi connectivity index (χ4n) is 3.56. The second-order valence-electron chi connectivity index (χ2n) is 7.50. The summed E-state index contributed by atoms with van der Waals surface area (Å²) in [5, 5.41) is 9.33. The number of amides is 1. The summed E-state index contributed by atoms with van der Waals surface area (Å²) in [5.74, 6) is -1.97. The van der Waals surface area contributed by atoms with Crippen molar-refractivity contribution in [2.75, 3.05) is 20.8 Å². The highest BCUT2D eigenvalue weighted by Crippen LogP contribution is 2.30. The number of halogens is 1. The van der Waals surface area contributed by atoms with Crippen LogP contribution in [0.15, 0.2) is 66.7 Å². The minimum atomic E-state index is -1.35. The van der Waals surface area contributed by atoms with Gasteiger partial charge in [0, 0.05) is 11.6 Å². The van der Waals surface area contributed by atoms with Crippen LogP contribution in [0.2, 0.25) is 0 Å². The predicted octanol–water partition coefficient (Wildman–Crippen LogP) is 4.71. The van der Waals surface area contributed by atoms with Gasteiger partial charge in [-0.2, -0.15) is 0 Å². The van der Waals surface area contributed by atoms with Crippen molar-refractivity contribution in [3.63, 3.8) is 0 Å². The predicted molar refractivity (Wildman–Crippen MR) is 124 cm³/mol. The van der Waals surface area contributed by atoms with E-state index in [1.165, 1.54) is 19.2 Å². The van der Waals surface area contributed by atoms with Gasteiger partial charge in [-0.1, -0.05) is 36.4 Å². The molecule has 0 fully saturated rings. The van der Waals surface area contributed by atoms with Gasteiger partial charge < -0.3 is 24.2 Å². The van der Waals surface area contributed by atoms with E-state index < -0.39 is 30.1 Å². The van der Waals surface area contributed by atoms with E-state index in [1.54, 1.807) is 30.2 Å².